The van der Waals surface area contributed by atoms with Crippen LogP contribution in [0.1, 0.15) is 11.1 Å². The Morgan fingerprint density at radius 1 is 1.35 bits per heavy atom. The van der Waals surface area contributed by atoms with Gasteiger partial charge in [-0.05, 0) is 31.0 Å². The maximum absolute atomic E-state index is 11.4. The summed E-state index contributed by atoms with van der Waals surface area (Å²) in [6.45, 7) is 3.48. The van der Waals surface area contributed by atoms with Crippen LogP contribution in [0.5, 0.6) is 0 Å². The van der Waals surface area contributed by atoms with Crippen molar-refractivity contribution in [1.82, 2.24) is 0 Å². The molecule has 0 fully saturated rings. The number of nitrogens with one attached hydrogen (secondary N) is 1. The number of anilines is 1. The molecule has 0 amide bonds. The fourth-order valence-electron chi connectivity index (χ4n) is 1.23. The van der Waals surface area contributed by atoms with E-state index in [-0.39, 0.29) is 16.0 Å². The highest BCUT2D eigenvalue weighted by molar-refractivity contribution is 9.10. The second kappa shape index (κ2) is 5.01. The first kappa shape index (κ1) is 13.9. The van der Waals surface area contributed by atoms with Gasteiger partial charge in [-0.15, -0.1) is 0 Å². The molecule has 0 heterocycles. The predicted octanol–water partition coefficient (Wildman–Crippen LogP) is 2.31. The van der Waals surface area contributed by atoms with Crippen molar-refractivity contribution in [1.29, 1.82) is 0 Å². The zero-order chi connectivity index (χ0) is 13.2. The number of benzene rings is 1. The largest absolute Gasteiger partial charge is 0.293 e. The predicted molar refractivity (Wildman–Crippen MR) is 68.9 cm³/mol. The fourth-order valence-corrected chi connectivity index (χ4v) is 2.13. The Hall–Kier alpha value is -1.15. The molecular weight excluding hydrogens is 312 g/mol. The first-order valence-corrected chi connectivity index (χ1v) is 7.36. The Balaban J connectivity index is 3.32. The Labute approximate surface area is 107 Å². The summed E-state index contributed by atoms with van der Waals surface area (Å²) in [7, 11) is -3.60. The van der Waals surface area contributed by atoms with E-state index < -0.39 is 14.9 Å². The lowest BCUT2D eigenvalue weighted by Crippen LogP contribution is -2.14. The molecule has 0 saturated carbocycles. The van der Waals surface area contributed by atoms with Gasteiger partial charge in [0.05, 0.1) is 4.92 Å². The van der Waals surface area contributed by atoms with Gasteiger partial charge in [0.25, 0.3) is 5.69 Å². The lowest BCUT2D eigenvalue weighted by atomic mass is 10.1. The van der Waals surface area contributed by atoms with Crippen molar-refractivity contribution in [2.75, 3.05) is 9.38 Å². The van der Waals surface area contributed by atoms with Gasteiger partial charge in [0, 0.05) is 6.07 Å². The molecule has 0 spiro atoms. The van der Waals surface area contributed by atoms with Crippen LogP contribution in [0.4, 0.5) is 11.4 Å². The van der Waals surface area contributed by atoms with Gasteiger partial charge in [0.15, 0.2) is 0 Å². The number of hydrogen-bond acceptors (Lipinski definition) is 4. The molecule has 1 N–H and O–H groups in total. The Morgan fingerprint density at radius 3 is 2.35 bits per heavy atom. The van der Waals surface area contributed by atoms with Crippen LogP contribution < -0.4 is 4.72 Å². The van der Waals surface area contributed by atoms with Crippen molar-refractivity contribution in [3.05, 3.63) is 33.4 Å². The van der Waals surface area contributed by atoms with Gasteiger partial charge in [-0.25, -0.2) is 8.42 Å². The molecule has 8 heteroatoms. The normalized spacial score (nSPS) is 11.2. The topological polar surface area (TPSA) is 89.3 Å². The van der Waals surface area contributed by atoms with Gasteiger partial charge < -0.3 is 0 Å². The van der Waals surface area contributed by atoms with Crippen molar-refractivity contribution >= 4 is 37.3 Å². The molecule has 0 bridgehead atoms. The summed E-state index contributed by atoms with van der Waals surface area (Å²) >= 11 is 2.80. The van der Waals surface area contributed by atoms with Crippen LogP contribution in [-0.4, -0.2) is 18.0 Å². The summed E-state index contributed by atoms with van der Waals surface area (Å²) in [6.07, 6.45) is 0. The highest BCUT2D eigenvalue weighted by atomic mass is 79.9. The lowest BCUT2D eigenvalue weighted by Gasteiger charge is -2.08. The standard InChI is InChI=1S/C9H11BrN2O4S/c1-6-3-8(11-17(15,16)5-10)9(12(13)14)4-7(6)2/h3-4,11H,5H2,1-2H3. The summed E-state index contributed by atoms with van der Waals surface area (Å²) in [5.74, 6) is 0. The van der Waals surface area contributed by atoms with Crippen LogP contribution in [-0.2, 0) is 10.0 Å². The van der Waals surface area contributed by atoms with Gasteiger partial charge in [-0.3, -0.25) is 14.8 Å². The molecule has 1 aromatic carbocycles. The van der Waals surface area contributed by atoms with E-state index in [4.69, 9.17) is 0 Å². The smallest absolute Gasteiger partial charge is 0.276 e. The maximum Gasteiger partial charge on any atom is 0.293 e. The maximum atomic E-state index is 11.4. The van der Waals surface area contributed by atoms with Gasteiger partial charge in [0.2, 0.25) is 10.0 Å². The number of halogens is 1. The van der Waals surface area contributed by atoms with E-state index >= 15 is 0 Å². The third kappa shape index (κ3) is 3.40. The second-order valence-corrected chi connectivity index (χ2v) is 6.56. The van der Waals surface area contributed by atoms with E-state index in [1.165, 1.54) is 12.1 Å². The van der Waals surface area contributed by atoms with E-state index in [1.54, 1.807) is 13.8 Å². The minimum absolute atomic E-state index is 0.0162. The number of nitrogens with zero attached hydrogens (tertiary/aromatic N) is 1. The highest BCUT2D eigenvalue weighted by Crippen LogP contribution is 2.28. The van der Waals surface area contributed by atoms with Crippen LogP contribution in [0.3, 0.4) is 0 Å². The third-order valence-corrected chi connectivity index (χ3v) is 4.84. The quantitative estimate of drug-likeness (QED) is 0.523. The number of nitro groups is 1. The average molecular weight is 323 g/mol. The molecule has 1 rings (SSSR count). The van der Waals surface area contributed by atoms with Crippen LogP contribution in [0, 0.1) is 24.0 Å². The van der Waals surface area contributed by atoms with E-state index in [1.807, 2.05) is 0 Å². The number of sulfonamides is 1. The van der Waals surface area contributed by atoms with E-state index in [2.05, 4.69) is 20.7 Å². The Kier molecular flexibility index (Phi) is 4.10. The van der Waals surface area contributed by atoms with Gasteiger partial charge >= 0.3 is 0 Å². The molecule has 0 atom stereocenters. The first-order chi connectivity index (χ1) is 7.76. The molecule has 0 saturated heterocycles. The second-order valence-electron chi connectivity index (χ2n) is 3.54. The van der Waals surface area contributed by atoms with Crippen LogP contribution in [0.2, 0.25) is 0 Å². The molecule has 94 valence electrons. The van der Waals surface area contributed by atoms with Gasteiger partial charge in [-0.1, -0.05) is 15.9 Å². The summed E-state index contributed by atoms with van der Waals surface area (Å²) in [5, 5.41) is 10.8. The van der Waals surface area contributed by atoms with Crippen molar-refractivity contribution < 1.29 is 13.3 Å². The summed E-state index contributed by atoms with van der Waals surface area (Å²) in [4.78, 5) is 10.2. The van der Waals surface area contributed by atoms with Crippen LogP contribution in [0.15, 0.2) is 12.1 Å². The molecule has 0 aromatic heterocycles. The first-order valence-electron chi connectivity index (χ1n) is 4.59. The summed E-state index contributed by atoms with van der Waals surface area (Å²) in [5.41, 5.74) is 1.25. The molecule has 1 aromatic rings. The molecule has 0 radical (unpaired) electrons. The minimum Gasteiger partial charge on any atom is -0.276 e. The monoisotopic (exact) mass is 322 g/mol. The zero-order valence-electron chi connectivity index (χ0n) is 9.23. The highest BCUT2D eigenvalue weighted by Gasteiger charge is 2.19. The van der Waals surface area contributed by atoms with Gasteiger partial charge in [0.1, 0.15) is 10.3 Å². The Morgan fingerprint density at radius 2 is 1.88 bits per heavy atom. The SMILES string of the molecule is Cc1cc(NS(=O)(=O)CBr)c([N+](=O)[O-])cc1C. The summed E-state index contributed by atoms with van der Waals surface area (Å²) in [6, 6.07) is 2.80. The molecule has 0 aliphatic carbocycles. The van der Waals surface area contributed by atoms with E-state index in [0.717, 1.165) is 11.1 Å². The van der Waals surface area contributed by atoms with Crippen molar-refractivity contribution in [3.63, 3.8) is 0 Å². The number of nitro benzene ring substituents is 1. The number of alkyl halides is 1. The fraction of sp³-hybridized carbons (Fsp3) is 0.333. The molecular formula is C9H11BrN2O4S. The third-order valence-electron chi connectivity index (χ3n) is 2.22. The molecule has 17 heavy (non-hydrogen) atoms. The van der Waals surface area contributed by atoms with Crippen molar-refractivity contribution in [2.45, 2.75) is 13.8 Å². The van der Waals surface area contributed by atoms with Crippen LogP contribution >= 0.6 is 15.9 Å². The molecule has 0 aliphatic heterocycles. The lowest BCUT2D eigenvalue weighted by molar-refractivity contribution is -0.383. The van der Waals surface area contributed by atoms with Gasteiger partial charge in [-0.2, -0.15) is 0 Å². The Bertz CT molecular complexity index is 556. The zero-order valence-corrected chi connectivity index (χ0v) is 11.6. The molecule has 6 nitrogen and oxygen atoms in total. The number of rotatable bonds is 4. The number of hydrogen-bond donors (Lipinski definition) is 1. The summed E-state index contributed by atoms with van der Waals surface area (Å²) < 4.78 is 24.6. The van der Waals surface area contributed by atoms with Crippen molar-refractivity contribution in [3.8, 4) is 0 Å². The number of aryl methyl sites for hydroxylation is 2. The van der Waals surface area contributed by atoms with Crippen LogP contribution in [0.25, 0.3) is 0 Å². The van der Waals surface area contributed by atoms with E-state index in [0.29, 0.717) is 0 Å². The molecule has 0 aliphatic rings. The molecule has 0 unspecified atom stereocenters. The average Bonchev–Trinajstić information content (AvgIpc) is 2.22. The minimum atomic E-state index is -3.60. The van der Waals surface area contributed by atoms with Crippen molar-refractivity contribution in [2.24, 2.45) is 0 Å². The van der Waals surface area contributed by atoms with E-state index in [9.17, 15) is 18.5 Å².